The Hall–Kier alpha value is 0.170. The van der Waals surface area contributed by atoms with E-state index in [4.69, 9.17) is 23.2 Å². The summed E-state index contributed by atoms with van der Waals surface area (Å²) in [5.41, 5.74) is 0.844. The molecule has 0 aliphatic heterocycles. The van der Waals surface area contributed by atoms with Crippen LogP contribution in [0.3, 0.4) is 0 Å². The van der Waals surface area contributed by atoms with Crippen molar-refractivity contribution in [3.05, 3.63) is 33.5 Å². The second-order valence-corrected chi connectivity index (χ2v) is 4.94. The Morgan fingerprint density at radius 3 is 2.43 bits per heavy atom. The van der Waals surface area contributed by atoms with E-state index in [-0.39, 0.29) is 5.56 Å². The molecule has 0 heterocycles. The molecule has 78 valence electrons. The number of hydrogen-bond donors (Lipinski definition) is 1. The fourth-order valence-electron chi connectivity index (χ4n) is 1.12. The molecule has 1 unspecified atom stereocenters. The van der Waals surface area contributed by atoms with E-state index in [1.165, 1.54) is 6.07 Å². The second-order valence-electron chi connectivity index (χ2n) is 2.92. The lowest BCUT2D eigenvalue weighted by molar-refractivity contribution is 0.187. The first-order valence-corrected chi connectivity index (χ1v) is 5.52. The Morgan fingerprint density at radius 1 is 1.43 bits per heavy atom. The number of rotatable bonds is 2. The maximum Gasteiger partial charge on any atom is 0.137 e. The molecule has 0 radical (unpaired) electrons. The number of halogens is 4. The van der Waals surface area contributed by atoms with Crippen LogP contribution in [-0.4, -0.2) is 9.94 Å². The molecule has 1 aromatic carbocycles. The van der Waals surface area contributed by atoms with E-state index in [0.717, 1.165) is 5.56 Å². The quantitative estimate of drug-likeness (QED) is 0.825. The highest BCUT2D eigenvalue weighted by molar-refractivity contribution is 9.10. The van der Waals surface area contributed by atoms with Gasteiger partial charge in [0.15, 0.2) is 0 Å². The average molecular weight is 302 g/mol. The Bertz CT molecular complexity index is 321. The van der Waals surface area contributed by atoms with Crippen molar-refractivity contribution in [1.29, 1.82) is 0 Å². The molecule has 1 nitrogen and oxygen atoms in total. The summed E-state index contributed by atoms with van der Waals surface area (Å²) in [6.07, 6.45) is -1.23. The molecular weight excluding hydrogens is 294 g/mol. The highest BCUT2D eigenvalue weighted by atomic mass is 79.9. The zero-order valence-corrected chi connectivity index (χ0v) is 10.4. The van der Waals surface area contributed by atoms with Crippen LogP contribution < -0.4 is 0 Å². The number of aliphatic hydroxyl groups is 1. The fraction of sp³-hybridized carbons (Fsp3) is 0.333. The lowest BCUT2D eigenvalue weighted by Gasteiger charge is -2.15. The van der Waals surface area contributed by atoms with Gasteiger partial charge in [-0.15, -0.1) is 23.2 Å². The van der Waals surface area contributed by atoms with Gasteiger partial charge in [0.2, 0.25) is 0 Å². The van der Waals surface area contributed by atoms with Crippen molar-refractivity contribution in [3.8, 4) is 0 Å². The van der Waals surface area contributed by atoms with Crippen LogP contribution in [0.4, 0.5) is 4.39 Å². The predicted octanol–water partition coefficient (Wildman–Crippen LogP) is 3.73. The van der Waals surface area contributed by atoms with Crippen molar-refractivity contribution in [2.75, 3.05) is 0 Å². The Kier molecular flexibility index (Phi) is 4.19. The van der Waals surface area contributed by atoms with Gasteiger partial charge < -0.3 is 5.11 Å². The van der Waals surface area contributed by atoms with E-state index < -0.39 is 16.8 Å². The molecule has 0 bridgehead atoms. The summed E-state index contributed by atoms with van der Waals surface area (Å²) in [5.74, 6) is -0.518. The molecule has 0 saturated heterocycles. The lowest BCUT2D eigenvalue weighted by Crippen LogP contribution is -2.09. The Balaban J connectivity index is 3.20. The van der Waals surface area contributed by atoms with Gasteiger partial charge in [-0.2, -0.15) is 0 Å². The molecule has 1 rings (SSSR count). The molecule has 0 amide bonds. The highest BCUT2D eigenvalue weighted by Gasteiger charge is 2.22. The van der Waals surface area contributed by atoms with Crippen LogP contribution in [0.25, 0.3) is 0 Å². The predicted molar refractivity (Wildman–Crippen MR) is 59.3 cm³/mol. The smallest absolute Gasteiger partial charge is 0.137 e. The van der Waals surface area contributed by atoms with Gasteiger partial charge in [-0.05, 0) is 24.6 Å². The molecule has 0 aromatic heterocycles. The van der Waals surface area contributed by atoms with Crippen molar-refractivity contribution >= 4 is 39.1 Å². The van der Waals surface area contributed by atoms with Gasteiger partial charge in [0, 0.05) is 10.0 Å². The second kappa shape index (κ2) is 4.79. The Labute approximate surface area is 100.0 Å². The molecule has 0 aliphatic rings. The minimum Gasteiger partial charge on any atom is -0.385 e. The molecule has 14 heavy (non-hydrogen) atoms. The first-order chi connectivity index (χ1) is 6.43. The van der Waals surface area contributed by atoms with Gasteiger partial charge >= 0.3 is 0 Å². The van der Waals surface area contributed by atoms with Crippen molar-refractivity contribution in [2.45, 2.75) is 17.9 Å². The molecule has 0 saturated carbocycles. The fourth-order valence-corrected chi connectivity index (χ4v) is 2.16. The van der Waals surface area contributed by atoms with Crippen molar-refractivity contribution < 1.29 is 9.50 Å². The molecule has 0 spiro atoms. The average Bonchev–Trinajstić information content (AvgIpc) is 2.01. The first-order valence-electron chi connectivity index (χ1n) is 3.85. The zero-order valence-electron chi connectivity index (χ0n) is 7.27. The van der Waals surface area contributed by atoms with E-state index >= 15 is 0 Å². The summed E-state index contributed by atoms with van der Waals surface area (Å²) in [6.45, 7) is 1.75. The summed E-state index contributed by atoms with van der Waals surface area (Å²) in [6, 6.07) is 3.01. The van der Waals surface area contributed by atoms with Gasteiger partial charge in [0.05, 0.1) is 0 Å². The van der Waals surface area contributed by atoms with Crippen LogP contribution in [-0.2, 0) is 0 Å². The van der Waals surface area contributed by atoms with Gasteiger partial charge in [0.1, 0.15) is 16.8 Å². The van der Waals surface area contributed by atoms with E-state index in [0.29, 0.717) is 4.47 Å². The van der Waals surface area contributed by atoms with Crippen LogP contribution >= 0.6 is 39.1 Å². The van der Waals surface area contributed by atoms with E-state index in [1.54, 1.807) is 13.0 Å². The number of benzene rings is 1. The highest BCUT2D eigenvalue weighted by Crippen LogP contribution is 2.32. The summed E-state index contributed by atoms with van der Waals surface area (Å²) < 4.78 is 13.9. The van der Waals surface area contributed by atoms with Gasteiger partial charge in [-0.1, -0.05) is 15.9 Å². The van der Waals surface area contributed by atoms with Crippen LogP contribution in [0.5, 0.6) is 0 Å². The van der Waals surface area contributed by atoms with Gasteiger partial charge in [-0.3, -0.25) is 0 Å². The zero-order chi connectivity index (χ0) is 10.9. The molecule has 1 atom stereocenters. The number of hydrogen-bond acceptors (Lipinski definition) is 1. The third-order valence-electron chi connectivity index (χ3n) is 1.76. The summed E-state index contributed by atoms with van der Waals surface area (Å²) >= 11 is 14.1. The minimum atomic E-state index is -1.23. The normalized spacial score (nSPS) is 13.4. The standard InChI is InChI=1S/C9H8BrCl2FO/c1-4-2-5(10)7(6(13)3-4)8(14)9(11)12/h2-3,8-9,14H,1H3. The lowest BCUT2D eigenvalue weighted by atomic mass is 10.1. The number of alkyl halides is 2. The Morgan fingerprint density at radius 2 is 2.00 bits per heavy atom. The monoisotopic (exact) mass is 300 g/mol. The van der Waals surface area contributed by atoms with Gasteiger partial charge in [-0.25, -0.2) is 4.39 Å². The molecular formula is C9H8BrCl2FO. The van der Waals surface area contributed by atoms with E-state index in [9.17, 15) is 9.50 Å². The molecule has 0 aliphatic carbocycles. The first kappa shape index (κ1) is 12.2. The molecule has 1 aromatic rings. The third kappa shape index (κ3) is 2.60. The molecule has 0 fully saturated rings. The van der Waals surface area contributed by atoms with E-state index in [2.05, 4.69) is 15.9 Å². The maximum absolute atomic E-state index is 13.4. The molecule has 1 N–H and O–H groups in total. The van der Waals surface area contributed by atoms with Crippen molar-refractivity contribution in [3.63, 3.8) is 0 Å². The summed E-state index contributed by atoms with van der Waals surface area (Å²) in [5, 5.41) is 9.52. The van der Waals surface area contributed by atoms with Crippen LogP contribution in [0, 0.1) is 12.7 Å². The van der Waals surface area contributed by atoms with Crippen molar-refractivity contribution in [2.24, 2.45) is 0 Å². The number of aryl methyl sites for hydroxylation is 1. The topological polar surface area (TPSA) is 20.2 Å². The number of aliphatic hydroxyl groups excluding tert-OH is 1. The van der Waals surface area contributed by atoms with Crippen LogP contribution in [0.15, 0.2) is 16.6 Å². The SMILES string of the molecule is Cc1cc(F)c(C(O)C(Cl)Cl)c(Br)c1. The summed E-state index contributed by atoms with van der Waals surface area (Å²) in [4.78, 5) is -1.05. The third-order valence-corrected chi connectivity index (χ3v) is 2.89. The minimum absolute atomic E-state index is 0.0885. The summed E-state index contributed by atoms with van der Waals surface area (Å²) in [7, 11) is 0. The van der Waals surface area contributed by atoms with Crippen LogP contribution in [0.1, 0.15) is 17.2 Å². The maximum atomic E-state index is 13.4. The molecule has 5 heteroatoms. The van der Waals surface area contributed by atoms with Crippen LogP contribution in [0.2, 0.25) is 0 Å². The van der Waals surface area contributed by atoms with Gasteiger partial charge in [0.25, 0.3) is 0 Å². The largest absolute Gasteiger partial charge is 0.385 e. The van der Waals surface area contributed by atoms with Crippen molar-refractivity contribution in [1.82, 2.24) is 0 Å². The van der Waals surface area contributed by atoms with E-state index in [1.807, 2.05) is 0 Å².